The van der Waals surface area contributed by atoms with Gasteiger partial charge < -0.3 is 14.5 Å². The molecule has 4 rings (SSSR count). The summed E-state index contributed by atoms with van der Waals surface area (Å²) in [4.78, 5) is 22.9. The van der Waals surface area contributed by atoms with E-state index < -0.39 is 0 Å². The van der Waals surface area contributed by atoms with Crippen LogP contribution in [0.5, 0.6) is 5.75 Å². The number of fused-ring (bicyclic) bond motifs is 1. The van der Waals surface area contributed by atoms with E-state index in [9.17, 15) is 4.79 Å². The molecule has 3 aromatic rings. The third-order valence-corrected chi connectivity index (χ3v) is 7.39. The lowest BCUT2D eigenvalue weighted by Crippen LogP contribution is -2.48. The van der Waals surface area contributed by atoms with Gasteiger partial charge in [0.25, 0.3) is 5.91 Å². The highest BCUT2D eigenvalue weighted by molar-refractivity contribution is 7.99. The Morgan fingerprint density at radius 3 is 2.55 bits per heavy atom. The molecular weight excluding hydrogens is 426 g/mol. The molecule has 1 aliphatic heterocycles. The number of carbonyl (C=O) groups excluding carboxylic acids is 1. The first kappa shape index (κ1) is 20.3. The summed E-state index contributed by atoms with van der Waals surface area (Å²) < 4.78 is 6.35. The van der Waals surface area contributed by atoms with Gasteiger partial charge in [-0.15, -0.1) is 11.8 Å². The highest BCUT2D eigenvalue weighted by Crippen LogP contribution is 2.38. The monoisotopic (exact) mass is 447 g/mol. The van der Waals surface area contributed by atoms with Crippen LogP contribution in [0.15, 0.2) is 41.3 Å². The van der Waals surface area contributed by atoms with Gasteiger partial charge in [-0.3, -0.25) is 4.79 Å². The Bertz CT molecular complexity index is 1010. The van der Waals surface area contributed by atoms with Crippen molar-refractivity contribution in [1.29, 1.82) is 0 Å². The molecule has 0 aliphatic carbocycles. The Labute approximate surface area is 183 Å². The van der Waals surface area contributed by atoms with Crippen LogP contribution in [0.3, 0.4) is 0 Å². The minimum Gasteiger partial charge on any atom is -0.494 e. The number of nitrogens with zero attached hydrogens (tertiary/aromatic N) is 3. The Kier molecular flexibility index (Phi) is 6.18. The molecule has 0 unspecified atom stereocenters. The van der Waals surface area contributed by atoms with E-state index in [1.165, 1.54) is 4.90 Å². The second-order valence-electron chi connectivity index (χ2n) is 6.66. The quantitative estimate of drug-likeness (QED) is 0.513. The molecule has 1 fully saturated rings. The van der Waals surface area contributed by atoms with Crippen LogP contribution < -0.4 is 9.64 Å². The summed E-state index contributed by atoms with van der Waals surface area (Å²) in [6.45, 7) is 4.96. The Morgan fingerprint density at radius 2 is 1.90 bits per heavy atom. The number of ether oxygens (including phenoxy) is 1. The van der Waals surface area contributed by atoms with Gasteiger partial charge >= 0.3 is 0 Å². The van der Waals surface area contributed by atoms with Crippen molar-refractivity contribution in [3.63, 3.8) is 0 Å². The van der Waals surface area contributed by atoms with E-state index in [-0.39, 0.29) is 5.91 Å². The number of carbonyl (C=O) groups is 1. The third-order valence-electron chi connectivity index (χ3n) is 4.92. The number of hydrogen-bond donors (Lipinski definition) is 0. The Balaban J connectivity index is 1.44. The average Bonchev–Trinajstić information content (AvgIpc) is 3.21. The Morgan fingerprint density at radius 1 is 1.17 bits per heavy atom. The molecule has 1 saturated heterocycles. The second-order valence-corrected chi connectivity index (χ2v) is 9.38. The lowest BCUT2D eigenvalue weighted by atomic mass is 10.2. The van der Waals surface area contributed by atoms with E-state index in [0.29, 0.717) is 18.1 Å². The number of thioether (sulfide) groups is 1. The summed E-state index contributed by atoms with van der Waals surface area (Å²) in [5, 5.41) is 1.60. The van der Waals surface area contributed by atoms with Crippen molar-refractivity contribution in [2.45, 2.75) is 11.8 Å². The smallest absolute Gasteiger partial charge is 0.253 e. The molecule has 5 nitrogen and oxygen atoms in total. The first-order valence-corrected chi connectivity index (χ1v) is 11.7. The highest BCUT2D eigenvalue weighted by atomic mass is 35.5. The first-order chi connectivity index (χ1) is 14.1. The van der Waals surface area contributed by atoms with Gasteiger partial charge in [-0.25, -0.2) is 4.98 Å². The Hall–Kier alpha value is -1.96. The average molecular weight is 448 g/mol. The summed E-state index contributed by atoms with van der Waals surface area (Å²) in [7, 11) is 1.64. The van der Waals surface area contributed by atoms with Crippen molar-refractivity contribution in [2.24, 2.45) is 0 Å². The summed E-state index contributed by atoms with van der Waals surface area (Å²) in [6.07, 6.45) is 0. The zero-order chi connectivity index (χ0) is 20.4. The third kappa shape index (κ3) is 4.17. The molecule has 1 amide bonds. The van der Waals surface area contributed by atoms with Gasteiger partial charge in [0.1, 0.15) is 11.3 Å². The van der Waals surface area contributed by atoms with E-state index in [4.69, 9.17) is 21.3 Å². The zero-order valence-corrected chi connectivity index (χ0v) is 18.7. The van der Waals surface area contributed by atoms with Crippen LogP contribution >= 0.6 is 34.7 Å². The maximum atomic E-state index is 12.8. The maximum absolute atomic E-state index is 12.8. The normalized spacial score (nSPS) is 14.4. The molecule has 0 radical (unpaired) electrons. The van der Waals surface area contributed by atoms with E-state index in [0.717, 1.165) is 45.5 Å². The molecular formula is C21H22ClN3O2S2. The van der Waals surface area contributed by atoms with Crippen molar-refractivity contribution in [3.05, 3.63) is 47.0 Å². The number of aromatic nitrogens is 1. The van der Waals surface area contributed by atoms with E-state index in [1.54, 1.807) is 30.2 Å². The number of benzene rings is 2. The molecule has 2 aromatic carbocycles. The van der Waals surface area contributed by atoms with Crippen LogP contribution in [-0.4, -0.2) is 54.8 Å². The molecule has 0 spiro atoms. The predicted molar refractivity (Wildman–Crippen MR) is 122 cm³/mol. The van der Waals surface area contributed by atoms with Gasteiger partial charge in [-0.2, -0.15) is 0 Å². The molecule has 2 heterocycles. The fourth-order valence-electron chi connectivity index (χ4n) is 3.38. The number of methoxy groups -OCH3 is 1. The van der Waals surface area contributed by atoms with Crippen molar-refractivity contribution >= 4 is 56.0 Å². The number of thiazole rings is 1. The maximum Gasteiger partial charge on any atom is 0.253 e. The van der Waals surface area contributed by atoms with E-state index in [2.05, 4.69) is 11.8 Å². The van der Waals surface area contributed by atoms with Gasteiger partial charge in [0.05, 0.1) is 16.8 Å². The number of piperazine rings is 1. The van der Waals surface area contributed by atoms with Gasteiger partial charge in [0, 0.05) is 36.6 Å². The van der Waals surface area contributed by atoms with Crippen molar-refractivity contribution < 1.29 is 9.53 Å². The summed E-state index contributed by atoms with van der Waals surface area (Å²) in [5.74, 6) is 1.84. The molecule has 0 N–H and O–H groups in total. The second kappa shape index (κ2) is 8.81. The van der Waals surface area contributed by atoms with Crippen LogP contribution in [0.2, 0.25) is 5.02 Å². The number of hydrogen-bond acceptors (Lipinski definition) is 6. The number of amides is 1. The van der Waals surface area contributed by atoms with Crippen molar-refractivity contribution in [3.8, 4) is 5.75 Å². The predicted octanol–water partition coefficient (Wildman–Crippen LogP) is 5.03. The topological polar surface area (TPSA) is 45.7 Å². The van der Waals surface area contributed by atoms with Crippen LogP contribution in [0.25, 0.3) is 10.2 Å². The minimum atomic E-state index is 0.0895. The molecule has 0 saturated carbocycles. The van der Waals surface area contributed by atoms with Crippen LogP contribution in [-0.2, 0) is 0 Å². The lowest BCUT2D eigenvalue weighted by molar-refractivity contribution is 0.0746. The largest absolute Gasteiger partial charge is 0.494 e. The zero-order valence-electron chi connectivity index (χ0n) is 16.4. The molecule has 0 bridgehead atoms. The number of anilines is 1. The highest BCUT2D eigenvalue weighted by Gasteiger charge is 2.25. The van der Waals surface area contributed by atoms with E-state index >= 15 is 0 Å². The van der Waals surface area contributed by atoms with E-state index in [1.807, 2.05) is 41.3 Å². The standard InChI is InChI=1S/C21H22ClN3O2S2/c1-3-28-15-6-4-14(5-7-15)20(26)24-10-12-25(13-11-24)21-23-18-17(27-2)9-8-16(22)19(18)29-21/h4-9H,3,10-13H2,1-2H3. The van der Waals surface area contributed by atoms with Gasteiger partial charge in [0.2, 0.25) is 0 Å². The number of rotatable bonds is 5. The summed E-state index contributed by atoms with van der Waals surface area (Å²) in [6, 6.07) is 11.6. The molecule has 1 aliphatic rings. The van der Waals surface area contributed by atoms with Crippen molar-refractivity contribution in [2.75, 3.05) is 43.9 Å². The van der Waals surface area contributed by atoms with Crippen LogP contribution in [0, 0.1) is 0 Å². The summed E-state index contributed by atoms with van der Waals surface area (Å²) in [5.41, 5.74) is 1.54. The lowest BCUT2D eigenvalue weighted by Gasteiger charge is -2.34. The van der Waals surface area contributed by atoms with Crippen LogP contribution in [0.1, 0.15) is 17.3 Å². The SMILES string of the molecule is CCSc1ccc(C(=O)N2CCN(c3nc4c(OC)ccc(Cl)c4s3)CC2)cc1. The molecule has 29 heavy (non-hydrogen) atoms. The van der Waals surface area contributed by atoms with Gasteiger partial charge in [-0.05, 0) is 42.2 Å². The molecule has 1 aromatic heterocycles. The van der Waals surface area contributed by atoms with Crippen LogP contribution in [0.4, 0.5) is 5.13 Å². The number of halogens is 1. The first-order valence-electron chi connectivity index (χ1n) is 9.51. The van der Waals surface area contributed by atoms with Crippen molar-refractivity contribution in [1.82, 2.24) is 9.88 Å². The fraction of sp³-hybridized carbons (Fsp3) is 0.333. The molecule has 0 atom stereocenters. The van der Waals surface area contributed by atoms with Gasteiger partial charge in [0.15, 0.2) is 5.13 Å². The molecule has 152 valence electrons. The fourth-order valence-corrected chi connectivity index (χ4v) is 5.35. The summed E-state index contributed by atoms with van der Waals surface area (Å²) >= 11 is 9.69. The molecule has 8 heteroatoms. The minimum absolute atomic E-state index is 0.0895. The van der Waals surface area contributed by atoms with Gasteiger partial charge in [-0.1, -0.05) is 29.9 Å².